The van der Waals surface area contributed by atoms with Crippen molar-refractivity contribution in [2.24, 2.45) is 0 Å². The van der Waals surface area contributed by atoms with Crippen molar-refractivity contribution >= 4 is 40.0 Å². The Bertz CT molecular complexity index is 1040. The Morgan fingerprint density at radius 1 is 1.23 bits per heavy atom. The van der Waals surface area contributed by atoms with Crippen molar-refractivity contribution in [3.63, 3.8) is 0 Å². The first kappa shape index (κ1) is 17.9. The summed E-state index contributed by atoms with van der Waals surface area (Å²) in [5, 5.41) is 3.76. The van der Waals surface area contributed by atoms with Crippen LogP contribution in [0.15, 0.2) is 36.5 Å². The number of aryl methyl sites for hydroxylation is 1. The van der Waals surface area contributed by atoms with Crippen molar-refractivity contribution in [2.45, 2.75) is 13.8 Å². The van der Waals surface area contributed by atoms with Crippen LogP contribution in [0.2, 0.25) is 5.02 Å². The van der Waals surface area contributed by atoms with Crippen LogP contribution < -0.4 is 10.1 Å². The summed E-state index contributed by atoms with van der Waals surface area (Å²) in [4.78, 5) is 24.6. The third-order valence-electron chi connectivity index (χ3n) is 4.08. The van der Waals surface area contributed by atoms with Crippen LogP contribution in [-0.4, -0.2) is 23.5 Å². The molecule has 5 nitrogen and oxygen atoms in total. The Morgan fingerprint density at radius 2 is 1.96 bits per heavy atom. The number of anilines is 1. The molecule has 3 rings (SSSR count). The molecule has 0 spiro atoms. The number of benzene rings is 2. The fourth-order valence-corrected chi connectivity index (χ4v) is 2.91. The number of amides is 1. The molecular formula is C19H16ClFN2O3. The van der Waals surface area contributed by atoms with Gasteiger partial charge >= 0.3 is 0 Å². The van der Waals surface area contributed by atoms with Gasteiger partial charge in [-0.05, 0) is 36.8 Å². The molecule has 134 valence electrons. The standard InChI is InChI=1S/C19H16ClFN2O3/c1-10-6-16(18(26-3)8-15(10)20)22-19(25)14-9-23(11(2)24)17-7-12(21)4-5-13(14)17/h4-9H,1-3H3,(H,22,25). The van der Waals surface area contributed by atoms with Gasteiger partial charge in [-0.2, -0.15) is 0 Å². The molecule has 1 amide bonds. The van der Waals surface area contributed by atoms with Crippen molar-refractivity contribution in [1.29, 1.82) is 0 Å². The fourth-order valence-electron chi connectivity index (χ4n) is 2.76. The van der Waals surface area contributed by atoms with E-state index in [1.165, 1.54) is 43.0 Å². The number of nitrogens with zero attached hydrogens (tertiary/aromatic N) is 1. The number of ether oxygens (including phenoxy) is 1. The topological polar surface area (TPSA) is 60.3 Å². The van der Waals surface area contributed by atoms with E-state index in [-0.39, 0.29) is 11.5 Å². The van der Waals surface area contributed by atoms with Crippen molar-refractivity contribution in [1.82, 2.24) is 4.57 Å². The zero-order valence-electron chi connectivity index (χ0n) is 14.4. The molecule has 0 aliphatic carbocycles. The van der Waals surface area contributed by atoms with Gasteiger partial charge in [-0.1, -0.05) is 11.6 Å². The molecule has 1 aromatic heterocycles. The van der Waals surface area contributed by atoms with Gasteiger partial charge in [0.2, 0.25) is 5.91 Å². The van der Waals surface area contributed by atoms with Crippen LogP contribution in [0.4, 0.5) is 10.1 Å². The molecule has 0 atom stereocenters. The fraction of sp³-hybridized carbons (Fsp3) is 0.158. The van der Waals surface area contributed by atoms with Gasteiger partial charge < -0.3 is 10.1 Å². The Hall–Kier alpha value is -2.86. The molecule has 1 N–H and O–H groups in total. The van der Waals surface area contributed by atoms with Gasteiger partial charge in [0, 0.05) is 29.6 Å². The average Bonchev–Trinajstić information content (AvgIpc) is 2.96. The summed E-state index contributed by atoms with van der Waals surface area (Å²) in [6.45, 7) is 3.15. The summed E-state index contributed by atoms with van der Waals surface area (Å²) in [6, 6.07) is 7.25. The maximum absolute atomic E-state index is 13.6. The maximum atomic E-state index is 13.6. The lowest BCUT2D eigenvalue weighted by Crippen LogP contribution is -2.13. The number of nitrogens with one attached hydrogen (secondary N) is 1. The van der Waals surface area contributed by atoms with Crippen molar-refractivity contribution in [3.05, 3.63) is 58.5 Å². The molecule has 0 aliphatic heterocycles. The highest BCUT2D eigenvalue weighted by Crippen LogP contribution is 2.32. The van der Waals surface area contributed by atoms with Crippen LogP contribution in [0, 0.1) is 12.7 Å². The van der Waals surface area contributed by atoms with Crippen LogP contribution >= 0.6 is 11.6 Å². The predicted octanol–water partition coefficient (Wildman–Crippen LogP) is 4.66. The highest BCUT2D eigenvalue weighted by atomic mass is 35.5. The molecule has 0 saturated carbocycles. The molecule has 26 heavy (non-hydrogen) atoms. The van der Waals surface area contributed by atoms with Crippen molar-refractivity contribution < 1.29 is 18.7 Å². The van der Waals surface area contributed by atoms with Crippen LogP contribution in [-0.2, 0) is 0 Å². The van der Waals surface area contributed by atoms with Gasteiger partial charge in [0.25, 0.3) is 5.91 Å². The summed E-state index contributed by atoms with van der Waals surface area (Å²) in [5.74, 6) is -0.837. The molecule has 0 saturated heterocycles. The second-order valence-corrected chi connectivity index (χ2v) is 6.26. The van der Waals surface area contributed by atoms with E-state index in [0.29, 0.717) is 27.4 Å². The molecule has 3 aromatic rings. The largest absolute Gasteiger partial charge is 0.495 e. The number of aromatic nitrogens is 1. The van der Waals surface area contributed by atoms with E-state index >= 15 is 0 Å². The molecule has 2 aromatic carbocycles. The first-order chi connectivity index (χ1) is 12.3. The van der Waals surface area contributed by atoms with E-state index in [2.05, 4.69) is 5.32 Å². The second-order valence-electron chi connectivity index (χ2n) is 5.85. The maximum Gasteiger partial charge on any atom is 0.257 e. The smallest absolute Gasteiger partial charge is 0.257 e. The van der Waals surface area contributed by atoms with Crippen LogP contribution in [0.3, 0.4) is 0 Å². The third kappa shape index (κ3) is 3.15. The number of fused-ring (bicyclic) bond motifs is 1. The van der Waals surface area contributed by atoms with Crippen molar-refractivity contribution in [2.75, 3.05) is 12.4 Å². The highest BCUT2D eigenvalue weighted by molar-refractivity contribution is 6.31. The number of hydrogen-bond acceptors (Lipinski definition) is 3. The number of hydrogen-bond donors (Lipinski definition) is 1. The van der Waals surface area contributed by atoms with E-state index < -0.39 is 11.7 Å². The lowest BCUT2D eigenvalue weighted by molar-refractivity contribution is 0.0941. The van der Waals surface area contributed by atoms with Gasteiger partial charge in [0.15, 0.2) is 0 Å². The summed E-state index contributed by atoms with van der Waals surface area (Å²) < 4.78 is 20.1. The lowest BCUT2D eigenvalue weighted by Gasteiger charge is -2.12. The first-order valence-electron chi connectivity index (χ1n) is 7.79. The molecular weight excluding hydrogens is 359 g/mol. The molecule has 0 unspecified atom stereocenters. The quantitative estimate of drug-likeness (QED) is 0.725. The SMILES string of the molecule is COc1cc(Cl)c(C)cc1NC(=O)c1cn(C(C)=O)c2cc(F)ccc12. The molecule has 0 radical (unpaired) electrons. The van der Waals surface area contributed by atoms with Crippen LogP contribution in [0.5, 0.6) is 5.75 Å². The van der Waals surface area contributed by atoms with Gasteiger partial charge in [-0.15, -0.1) is 0 Å². The second kappa shape index (κ2) is 6.80. The third-order valence-corrected chi connectivity index (χ3v) is 4.49. The summed E-state index contributed by atoms with van der Waals surface area (Å²) in [6.07, 6.45) is 1.40. The number of halogens is 2. The summed E-state index contributed by atoms with van der Waals surface area (Å²) in [7, 11) is 1.47. The van der Waals surface area contributed by atoms with Gasteiger partial charge in [-0.3, -0.25) is 14.2 Å². The minimum Gasteiger partial charge on any atom is -0.495 e. The molecule has 0 fully saturated rings. The summed E-state index contributed by atoms with van der Waals surface area (Å²) >= 11 is 6.08. The zero-order chi connectivity index (χ0) is 19.0. The zero-order valence-corrected chi connectivity index (χ0v) is 15.1. The molecule has 0 bridgehead atoms. The lowest BCUT2D eigenvalue weighted by atomic mass is 10.1. The van der Waals surface area contributed by atoms with E-state index in [4.69, 9.17) is 16.3 Å². The van der Waals surface area contributed by atoms with E-state index in [9.17, 15) is 14.0 Å². The van der Waals surface area contributed by atoms with Crippen LogP contribution in [0.1, 0.15) is 27.6 Å². The summed E-state index contributed by atoms with van der Waals surface area (Å²) in [5.41, 5.74) is 1.81. The first-order valence-corrected chi connectivity index (χ1v) is 8.16. The Morgan fingerprint density at radius 3 is 2.62 bits per heavy atom. The molecule has 0 aliphatic rings. The Balaban J connectivity index is 2.07. The Kier molecular flexibility index (Phi) is 4.70. The monoisotopic (exact) mass is 374 g/mol. The number of methoxy groups -OCH3 is 1. The highest BCUT2D eigenvalue weighted by Gasteiger charge is 2.19. The van der Waals surface area contributed by atoms with Crippen LogP contribution in [0.25, 0.3) is 10.9 Å². The average molecular weight is 375 g/mol. The Labute approximate surface area is 154 Å². The minimum absolute atomic E-state index is 0.254. The van der Waals surface area contributed by atoms with E-state index in [1.54, 1.807) is 12.1 Å². The normalized spacial score (nSPS) is 10.8. The molecule has 1 heterocycles. The van der Waals surface area contributed by atoms with Gasteiger partial charge in [0.1, 0.15) is 11.6 Å². The van der Waals surface area contributed by atoms with E-state index in [0.717, 1.165) is 5.56 Å². The predicted molar refractivity (Wildman–Crippen MR) is 98.9 cm³/mol. The van der Waals surface area contributed by atoms with E-state index in [1.807, 2.05) is 6.92 Å². The van der Waals surface area contributed by atoms with Gasteiger partial charge in [0.05, 0.1) is 23.9 Å². The molecule has 7 heteroatoms. The number of carbonyl (C=O) groups is 2. The van der Waals surface area contributed by atoms with Crippen molar-refractivity contribution in [3.8, 4) is 5.75 Å². The number of carbonyl (C=O) groups excluding carboxylic acids is 2. The van der Waals surface area contributed by atoms with Gasteiger partial charge in [-0.25, -0.2) is 4.39 Å². The minimum atomic E-state index is -0.486. The number of rotatable bonds is 3.